The summed E-state index contributed by atoms with van der Waals surface area (Å²) in [6, 6.07) is 16.7. The molecular formula is C21H24ClN3O2. The van der Waals surface area contributed by atoms with Crippen molar-refractivity contribution in [3.05, 3.63) is 70.7 Å². The summed E-state index contributed by atoms with van der Waals surface area (Å²) in [5, 5.41) is 3.67. The van der Waals surface area contributed by atoms with E-state index in [1.807, 2.05) is 66.4 Å². The number of hydrogen-bond acceptors (Lipinski definition) is 3. The third-order valence-electron chi connectivity index (χ3n) is 4.77. The molecule has 0 aliphatic carbocycles. The van der Waals surface area contributed by atoms with Gasteiger partial charge in [-0.2, -0.15) is 0 Å². The molecule has 0 radical (unpaired) electrons. The largest absolute Gasteiger partial charge is 0.348 e. The van der Waals surface area contributed by atoms with Crippen LogP contribution >= 0.6 is 11.6 Å². The molecule has 0 bridgehead atoms. The van der Waals surface area contributed by atoms with E-state index in [1.165, 1.54) is 0 Å². The predicted octanol–water partition coefficient (Wildman–Crippen LogP) is 2.98. The van der Waals surface area contributed by atoms with Gasteiger partial charge in [0.2, 0.25) is 5.91 Å². The van der Waals surface area contributed by atoms with Crippen LogP contribution in [0.2, 0.25) is 5.02 Å². The number of halogens is 1. The topological polar surface area (TPSA) is 52.7 Å². The van der Waals surface area contributed by atoms with Gasteiger partial charge in [-0.15, -0.1) is 0 Å². The maximum atomic E-state index is 12.5. The summed E-state index contributed by atoms with van der Waals surface area (Å²) in [6.07, 6.45) is 0. The summed E-state index contributed by atoms with van der Waals surface area (Å²) in [5.74, 6) is 0.0274. The Balaban J connectivity index is 1.46. The summed E-state index contributed by atoms with van der Waals surface area (Å²) >= 11 is 6.01. The Hall–Kier alpha value is -2.37. The van der Waals surface area contributed by atoms with E-state index in [0.29, 0.717) is 43.3 Å². The highest BCUT2D eigenvalue weighted by Gasteiger charge is 2.23. The molecule has 2 aromatic rings. The highest BCUT2D eigenvalue weighted by Crippen LogP contribution is 2.17. The molecule has 3 rings (SSSR count). The minimum Gasteiger partial charge on any atom is -0.348 e. The molecule has 6 heteroatoms. The molecule has 1 N–H and O–H groups in total. The van der Waals surface area contributed by atoms with Crippen LogP contribution in [0.5, 0.6) is 0 Å². The molecule has 2 aromatic carbocycles. The van der Waals surface area contributed by atoms with E-state index in [9.17, 15) is 9.59 Å². The quantitative estimate of drug-likeness (QED) is 0.860. The van der Waals surface area contributed by atoms with Crippen molar-refractivity contribution in [3.8, 4) is 0 Å². The maximum Gasteiger partial charge on any atom is 0.253 e. The second-order valence-electron chi connectivity index (χ2n) is 6.78. The van der Waals surface area contributed by atoms with E-state index in [-0.39, 0.29) is 17.9 Å². The zero-order valence-electron chi connectivity index (χ0n) is 15.4. The summed E-state index contributed by atoms with van der Waals surface area (Å²) in [7, 11) is 0. The van der Waals surface area contributed by atoms with Gasteiger partial charge in [-0.05, 0) is 36.8 Å². The molecule has 1 atom stereocenters. The Bertz CT molecular complexity index is 789. The second-order valence-corrected chi connectivity index (χ2v) is 7.22. The van der Waals surface area contributed by atoms with Crippen molar-refractivity contribution in [2.75, 3.05) is 32.7 Å². The van der Waals surface area contributed by atoms with Crippen molar-refractivity contribution in [2.24, 2.45) is 0 Å². The van der Waals surface area contributed by atoms with Crippen LogP contribution in [0.3, 0.4) is 0 Å². The lowest BCUT2D eigenvalue weighted by atomic mass is 10.1. The molecule has 1 aliphatic heterocycles. The van der Waals surface area contributed by atoms with Crippen LogP contribution in [0.1, 0.15) is 28.9 Å². The average molecular weight is 386 g/mol. The zero-order chi connectivity index (χ0) is 19.2. The maximum absolute atomic E-state index is 12.5. The minimum absolute atomic E-state index is 0.0229. The molecule has 1 unspecified atom stereocenters. The fourth-order valence-corrected chi connectivity index (χ4v) is 3.42. The van der Waals surface area contributed by atoms with E-state index < -0.39 is 0 Å². The lowest BCUT2D eigenvalue weighted by Gasteiger charge is -2.34. The van der Waals surface area contributed by atoms with Gasteiger partial charge in [-0.1, -0.05) is 41.9 Å². The standard InChI is InChI=1S/C21H24ClN3O2/c1-16(18-8-5-9-19(22)14-18)23-20(26)15-24-10-12-25(13-11-24)21(27)17-6-3-2-4-7-17/h2-9,14,16H,10-13,15H2,1H3,(H,23,26). The first-order valence-corrected chi connectivity index (χ1v) is 9.52. The van der Waals surface area contributed by atoms with Crippen LogP contribution in [0.25, 0.3) is 0 Å². The van der Waals surface area contributed by atoms with Crippen LogP contribution in [0.15, 0.2) is 54.6 Å². The predicted molar refractivity (Wildman–Crippen MR) is 107 cm³/mol. The zero-order valence-corrected chi connectivity index (χ0v) is 16.2. The SMILES string of the molecule is CC(NC(=O)CN1CCN(C(=O)c2ccccc2)CC1)c1cccc(Cl)c1. The molecule has 1 fully saturated rings. The van der Waals surface area contributed by atoms with Crippen molar-refractivity contribution in [2.45, 2.75) is 13.0 Å². The van der Waals surface area contributed by atoms with E-state index in [4.69, 9.17) is 11.6 Å². The molecule has 5 nitrogen and oxygen atoms in total. The Morgan fingerprint density at radius 1 is 1.04 bits per heavy atom. The Morgan fingerprint density at radius 2 is 1.74 bits per heavy atom. The number of rotatable bonds is 5. The number of carbonyl (C=O) groups excluding carboxylic acids is 2. The first kappa shape index (κ1) is 19.4. The molecule has 27 heavy (non-hydrogen) atoms. The summed E-state index contributed by atoms with van der Waals surface area (Å²) < 4.78 is 0. The molecular weight excluding hydrogens is 362 g/mol. The fraction of sp³-hybridized carbons (Fsp3) is 0.333. The molecule has 0 aromatic heterocycles. The van der Waals surface area contributed by atoms with Crippen LogP contribution < -0.4 is 5.32 Å². The van der Waals surface area contributed by atoms with Crippen LogP contribution in [0.4, 0.5) is 0 Å². The number of piperazine rings is 1. The third kappa shape index (κ3) is 5.31. The lowest BCUT2D eigenvalue weighted by molar-refractivity contribution is -0.123. The summed E-state index contributed by atoms with van der Waals surface area (Å²) in [4.78, 5) is 28.8. The van der Waals surface area contributed by atoms with Gasteiger partial charge in [0.15, 0.2) is 0 Å². The number of hydrogen-bond donors (Lipinski definition) is 1. The molecule has 0 saturated carbocycles. The van der Waals surface area contributed by atoms with E-state index in [2.05, 4.69) is 10.2 Å². The number of nitrogens with one attached hydrogen (secondary N) is 1. The number of nitrogens with zero attached hydrogens (tertiary/aromatic N) is 2. The number of amides is 2. The van der Waals surface area contributed by atoms with E-state index in [1.54, 1.807) is 0 Å². The highest BCUT2D eigenvalue weighted by atomic mass is 35.5. The van der Waals surface area contributed by atoms with Crippen molar-refractivity contribution < 1.29 is 9.59 Å². The minimum atomic E-state index is -0.0999. The summed E-state index contributed by atoms with van der Waals surface area (Å²) in [5.41, 5.74) is 1.69. The van der Waals surface area contributed by atoms with E-state index in [0.717, 1.165) is 5.56 Å². The Morgan fingerprint density at radius 3 is 2.41 bits per heavy atom. The lowest BCUT2D eigenvalue weighted by Crippen LogP contribution is -2.51. The van der Waals surface area contributed by atoms with Gasteiger partial charge in [0, 0.05) is 36.8 Å². The molecule has 1 aliphatic rings. The van der Waals surface area contributed by atoms with Gasteiger partial charge in [0.1, 0.15) is 0 Å². The highest BCUT2D eigenvalue weighted by molar-refractivity contribution is 6.30. The first-order valence-electron chi connectivity index (χ1n) is 9.14. The molecule has 2 amide bonds. The van der Waals surface area contributed by atoms with Gasteiger partial charge in [-0.3, -0.25) is 14.5 Å². The fourth-order valence-electron chi connectivity index (χ4n) is 3.22. The third-order valence-corrected chi connectivity index (χ3v) is 5.01. The van der Waals surface area contributed by atoms with Gasteiger partial charge < -0.3 is 10.2 Å². The molecule has 1 saturated heterocycles. The van der Waals surface area contributed by atoms with Crippen molar-refractivity contribution >= 4 is 23.4 Å². The summed E-state index contributed by atoms with van der Waals surface area (Å²) in [6.45, 7) is 4.92. The van der Waals surface area contributed by atoms with Gasteiger partial charge >= 0.3 is 0 Å². The second kappa shape index (κ2) is 9.02. The van der Waals surface area contributed by atoms with Gasteiger partial charge in [-0.25, -0.2) is 0 Å². The van der Waals surface area contributed by atoms with Crippen LogP contribution in [-0.4, -0.2) is 54.3 Å². The van der Waals surface area contributed by atoms with Gasteiger partial charge in [0.05, 0.1) is 12.6 Å². The molecule has 0 spiro atoms. The smallest absolute Gasteiger partial charge is 0.253 e. The number of carbonyl (C=O) groups is 2. The van der Waals surface area contributed by atoms with Crippen LogP contribution in [0, 0.1) is 0 Å². The van der Waals surface area contributed by atoms with Crippen molar-refractivity contribution in [1.29, 1.82) is 0 Å². The van der Waals surface area contributed by atoms with Gasteiger partial charge in [0.25, 0.3) is 5.91 Å². The van der Waals surface area contributed by atoms with Crippen molar-refractivity contribution in [1.82, 2.24) is 15.1 Å². The number of benzene rings is 2. The normalized spacial score (nSPS) is 16.0. The average Bonchev–Trinajstić information content (AvgIpc) is 2.68. The molecule has 142 valence electrons. The van der Waals surface area contributed by atoms with Crippen molar-refractivity contribution in [3.63, 3.8) is 0 Å². The molecule has 1 heterocycles. The Kier molecular flexibility index (Phi) is 6.48. The monoisotopic (exact) mass is 385 g/mol. The van der Waals surface area contributed by atoms with Crippen LogP contribution in [-0.2, 0) is 4.79 Å². The first-order chi connectivity index (χ1) is 13.0. The van der Waals surface area contributed by atoms with E-state index >= 15 is 0 Å². The Labute approximate surface area is 164 Å².